The van der Waals surface area contributed by atoms with Crippen molar-refractivity contribution < 1.29 is 4.92 Å². The zero-order chi connectivity index (χ0) is 17.1. The molecule has 1 unspecified atom stereocenters. The lowest BCUT2D eigenvalue weighted by Crippen LogP contribution is -2.25. The molecule has 3 rings (SSSR count). The Morgan fingerprint density at radius 2 is 2.29 bits per heavy atom. The van der Waals surface area contributed by atoms with Crippen molar-refractivity contribution in [1.82, 2.24) is 14.8 Å². The molecule has 128 valence electrons. The van der Waals surface area contributed by atoms with Crippen LogP contribution in [0.15, 0.2) is 24.4 Å². The van der Waals surface area contributed by atoms with E-state index in [9.17, 15) is 10.1 Å². The first-order valence-corrected chi connectivity index (χ1v) is 8.20. The van der Waals surface area contributed by atoms with Crippen LogP contribution in [0, 0.1) is 16.0 Å². The molecule has 1 N–H and O–H groups in total. The molecule has 0 radical (unpaired) electrons. The van der Waals surface area contributed by atoms with Gasteiger partial charge in [-0.05, 0) is 30.9 Å². The number of nitrogens with zero attached hydrogens (tertiary/aromatic N) is 5. The zero-order valence-corrected chi connectivity index (χ0v) is 14.0. The van der Waals surface area contributed by atoms with E-state index in [2.05, 4.69) is 20.3 Å². The summed E-state index contributed by atoms with van der Waals surface area (Å²) < 4.78 is 1.64. The van der Waals surface area contributed by atoms with Crippen molar-refractivity contribution in [3.05, 3.63) is 40.2 Å². The number of pyridine rings is 1. The van der Waals surface area contributed by atoms with Gasteiger partial charge in [-0.2, -0.15) is 5.10 Å². The summed E-state index contributed by atoms with van der Waals surface area (Å²) in [6.45, 7) is 4.28. The first-order chi connectivity index (χ1) is 11.6. The Labute approximate surface area is 140 Å². The molecule has 1 aliphatic heterocycles. The van der Waals surface area contributed by atoms with E-state index in [1.54, 1.807) is 17.9 Å². The Morgan fingerprint density at radius 1 is 1.46 bits per heavy atom. The summed E-state index contributed by atoms with van der Waals surface area (Å²) in [5.41, 5.74) is 0.700. The van der Waals surface area contributed by atoms with Crippen LogP contribution < -0.4 is 10.2 Å². The van der Waals surface area contributed by atoms with E-state index in [1.165, 1.54) is 0 Å². The third-order valence-corrected chi connectivity index (χ3v) is 4.40. The summed E-state index contributed by atoms with van der Waals surface area (Å²) in [5, 5.41) is 19.1. The normalized spacial score (nSPS) is 17.2. The van der Waals surface area contributed by atoms with Crippen LogP contribution in [0.3, 0.4) is 0 Å². The maximum Gasteiger partial charge on any atom is 0.334 e. The lowest BCUT2D eigenvalue weighted by molar-refractivity contribution is -0.384. The van der Waals surface area contributed by atoms with Gasteiger partial charge in [-0.3, -0.25) is 10.1 Å². The lowest BCUT2D eigenvalue weighted by Gasteiger charge is -2.18. The quantitative estimate of drug-likeness (QED) is 0.645. The van der Waals surface area contributed by atoms with Gasteiger partial charge in [0.2, 0.25) is 5.82 Å². The summed E-state index contributed by atoms with van der Waals surface area (Å²) in [7, 11) is 1.78. The Balaban J connectivity index is 1.69. The van der Waals surface area contributed by atoms with Crippen molar-refractivity contribution in [2.75, 3.05) is 29.9 Å². The number of hydrogen-bond donors (Lipinski definition) is 1. The standard InChI is InChI=1S/C16H22N6O2/c1-3-13-15(22(23)24)16(20(2)19-13)21-9-7-12(11-21)10-18-14-6-4-5-8-17-14/h4-6,8,12H,3,7,9-11H2,1-2H3,(H,17,18). The van der Waals surface area contributed by atoms with Gasteiger partial charge < -0.3 is 10.2 Å². The zero-order valence-electron chi connectivity index (χ0n) is 14.0. The third kappa shape index (κ3) is 3.17. The summed E-state index contributed by atoms with van der Waals surface area (Å²) in [6.07, 6.45) is 3.31. The van der Waals surface area contributed by atoms with Gasteiger partial charge in [0.25, 0.3) is 0 Å². The average molecular weight is 330 g/mol. The SMILES string of the molecule is CCc1nn(C)c(N2CCC(CNc3ccccn3)C2)c1[N+](=O)[O-]. The fraction of sp³-hybridized carbons (Fsp3) is 0.500. The van der Waals surface area contributed by atoms with Crippen molar-refractivity contribution in [2.24, 2.45) is 13.0 Å². The molecule has 8 heteroatoms. The predicted octanol–water partition coefficient (Wildman–Crippen LogP) is 2.22. The molecular formula is C16H22N6O2. The Kier molecular flexibility index (Phi) is 4.64. The number of nitrogens with one attached hydrogen (secondary N) is 1. The molecule has 0 spiro atoms. The average Bonchev–Trinajstić information content (AvgIpc) is 3.17. The molecule has 1 aliphatic rings. The van der Waals surface area contributed by atoms with Crippen LogP contribution in [0.4, 0.5) is 17.3 Å². The second-order valence-corrected chi connectivity index (χ2v) is 6.05. The van der Waals surface area contributed by atoms with E-state index >= 15 is 0 Å². The van der Waals surface area contributed by atoms with Gasteiger partial charge in [-0.15, -0.1) is 0 Å². The number of anilines is 2. The van der Waals surface area contributed by atoms with Crippen molar-refractivity contribution in [1.29, 1.82) is 0 Å². The highest BCUT2D eigenvalue weighted by atomic mass is 16.6. The Bertz CT molecular complexity index is 715. The van der Waals surface area contributed by atoms with Crippen LogP contribution in [0.5, 0.6) is 0 Å². The largest absolute Gasteiger partial charge is 0.370 e. The summed E-state index contributed by atoms with van der Waals surface area (Å²) in [5.74, 6) is 1.90. The molecule has 24 heavy (non-hydrogen) atoms. The summed E-state index contributed by atoms with van der Waals surface area (Å²) in [6, 6.07) is 5.77. The summed E-state index contributed by atoms with van der Waals surface area (Å²) in [4.78, 5) is 17.5. The second-order valence-electron chi connectivity index (χ2n) is 6.05. The fourth-order valence-corrected chi connectivity index (χ4v) is 3.25. The van der Waals surface area contributed by atoms with Crippen LogP contribution in [-0.2, 0) is 13.5 Å². The highest BCUT2D eigenvalue weighted by molar-refractivity contribution is 5.62. The lowest BCUT2D eigenvalue weighted by atomic mass is 10.1. The molecule has 2 aromatic heterocycles. The molecule has 0 amide bonds. The smallest absolute Gasteiger partial charge is 0.334 e. The molecule has 1 atom stereocenters. The predicted molar refractivity (Wildman–Crippen MR) is 92.3 cm³/mol. The first-order valence-electron chi connectivity index (χ1n) is 8.20. The fourth-order valence-electron chi connectivity index (χ4n) is 3.25. The highest BCUT2D eigenvalue weighted by Gasteiger charge is 2.33. The molecular weight excluding hydrogens is 308 g/mol. The van der Waals surface area contributed by atoms with Crippen molar-refractivity contribution in [3.63, 3.8) is 0 Å². The molecule has 0 aliphatic carbocycles. The van der Waals surface area contributed by atoms with E-state index in [0.29, 0.717) is 23.9 Å². The van der Waals surface area contributed by atoms with E-state index < -0.39 is 0 Å². The maximum atomic E-state index is 11.5. The van der Waals surface area contributed by atoms with Crippen LogP contribution >= 0.6 is 0 Å². The molecule has 3 heterocycles. The van der Waals surface area contributed by atoms with Crippen LogP contribution in [0.1, 0.15) is 19.0 Å². The minimum absolute atomic E-state index is 0.151. The van der Waals surface area contributed by atoms with Gasteiger partial charge in [0.1, 0.15) is 11.5 Å². The molecule has 0 aromatic carbocycles. The molecule has 8 nitrogen and oxygen atoms in total. The molecule has 0 bridgehead atoms. The van der Waals surface area contributed by atoms with Crippen LogP contribution in [0.2, 0.25) is 0 Å². The van der Waals surface area contributed by atoms with Gasteiger partial charge in [-0.25, -0.2) is 9.67 Å². The number of aryl methyl sites for hydroxylation is 2. The summed E-state index contributed by atoms with van der Waals surface area (Å²) >= 11 is 0. The topological polar surface area (TPSA) is 89.1 Å². The highest BCUT2D eigenvalue weighted by Crippen LogP contribution is 2.34. The third-order valence-electron chi connectivity index (χ3n) is 4.40. The van der Waals surface area contributed by atoms with Gasteiger partial charge >= 0.3 is 5.69 Å². The van der Waals surface area contributed by atoms with Gasteiger partial charge in [0.05, 0.1) is 4.92 Å². The molecule has 0 saturated carbocycles. The Hall–Kier alpha value is -2.64. The number of aromatic nitrogens is 3. The van der Waals surface area contributed by atoms with E-state index in [1.807, 2.05) is 25.1 Å². The van der Waals surface area contributed by atoms with Gasteiger partial charge in [-0.1, -0.05) is 13.0 Å². The Morgan fingerprint density at radius 3 is 2.96 bits per heavy atom. The monoisotopic (exact) mass is 330 g/mol. The van der Waals surface area contributed by atoms with Crippen LogP contribution in [0.25, 0.3) is 0 Å². The maximum absolute atomic E-state index is 11.5. The van der Waals surface area contributed by atoms with Gasteiger partial charge in [0.15, 0.2) is 0 Å². The molecule has 2 aromatic rings. The first kappa shape index (κ1) is 16.2. The van der Waals surface area contributed by atoms with Crippen molar-refractivity contribution in [3.8, 4) is 0 Å². The van der Waals surface area contributed by atoms with Gasteiger partial charge in [0, 0.05) is 32.9 Å². The minimum atomic E-state index is -0.305. The minimum Gasteiger partial charge on any atom is -0.370 e. The number of rotatable bonds is 6. The van der Waals surface area contributed by atoms with E-state index in [0.717, 1.165) is 31.9 Å². The second kappa shape index (κ2) is 6.86. The van der Waals surface area contributed by atoms with E-state index in [-0.39, 0.29) is 10.6 Å². The van der Waals surface area contributed by atoms with Crippen LogP contribution in [-0.4, -0.2) is 39.3 Å². The number of hydrogen-bond acceptors (Lipinski definition) is 6. The molecule has 1 fully saturated rings. The van der Waals surface area contributed by atoms with Crippen molar-refractivity contribution >= 4 is 17.3 Å². The van der Waals surface area contributed by atoms with E-state index in [4.69, 9.17) is 0 Å². The molecule has 1 saturated heterocycles. The number of nitro groups is 1. The van der Waals surface area contributed by atoms with Crippen molar-refractivity contribution in [2.45, 2.75) is 19.8 Å².